The zero-order valence-electron chi connectivity index (χ0n) is 9.22. The Hall–Kier alpha value is -2.36. The lowest BCUT2D eigenvalue weighted by atomic mass is 10.3. The van der Waals surface area contributed by atoms with Gasteiger partial charge in [-0.1, -0.05) is 0 Å². The van der Waals surface area contributed by atoms with Gasteiger partial charge in [0.1, 0.15) is 11.5 Å². The van der Waals surface area contributed by atoms with Crippen molar-refractivity contribution in [3.8, 4) is 11.5 Å². The van der Waals surface area contributed by atoms with Crippen molar-refractivity contribution in [2.24, 2.45) is 0 Å². The molecule has 0 saturated heterocycles. The normalized spacial score (nSPS) is 9.88. The standard InChI is InChI=1S/C13H14N2O2/c16-12-5-1-10(2-6-12)14-9-15-11-3-7-13(17)8-4-11/h1-8,14-17H,9H2. The topological polar surface area (TPSA) is 64.5 Å². The van der Waals surface area contributed by atoms with Gasteiger partial charge in [0, 0.05) is 11.4 Å². The summed E-state index contributed by atoms with van der Waals surface area (Å²) in [5.74, 6) is 0.504. The second-order valence-corrected chi connectivity index (χ2v) is 3.62. The summed E-state index contributed by atoms with van der Waals surface area (Å²) in [5, 5.41) is 24.5. The molecule has 0 aliphatic heterocycles. The van der Waals surface area contributed by atoms with Crippen molar-refractivity contribution >= 4 is 11.4 Å². The number of hydrogen-bond acceptors (Lipinski definition) is 4. The van der Waals surface area contributed by atoms with Crippen molar-refractivity contribution in [3.05, 3.63) is 48.5 Å². The zero-order valence-corrected chi connectivity index (χ0v) is 9.22. The third-order valence-corrected chi connectivity index (χ3v) is 2.32. The van der Waals surface area contributed by atoms with Crippen LogP contribution in [0.25, 0.3) is 0 Å². The van der Waals surface area contributed by atoms with E-state index in [1.54, 1.807) is 48.5 Å². The van der Waals surface area contributed by atoms with E-state index in [0.29, 0.717) is 6.67 Å². The van der Waals surface area contributed by atoms with Crippen LogP contribution in [-0.4, -0.2) is 16.9 Å². The number of benzene rings is 2. The van der Waals surface area contributed by atoms with Crippen LogP contribution in [-0.2, 0) is 0 Å². The summed E-state index contributed by atoms with van der Waals surface area (Å²) in [6.07, 6.45) is 0. The van der Waals surface area contributed by atoms with Gasteiger partial charge in [-0.15, -0.1) is 0 Å². The van der Waals surface area contributed by atoms with E-state index in [4.69, 9.17) is 10.2 Å². The minimum atomic E-state index is 0.252. The van der Waals surface area contributed by atoms with E-state index < -0.39 is 0 Å². The first-order chi connectivity index (χ1) is 8.24. The molecule has 0 heterocycles. The molecule has 0 aliphatic carbocycles. The van der Waals surface area contributed by atoms with Gasteiger partial charge in [0.15, 0.2) is 0 Å². The fourth-order valence-electron chi connectivity index (χ4n) is 1.41. The molecule has 88 valence electrons. The van der Waals surface area contributed by atoms with Gasteiger partial charge in [-0.25, -0.2) is 0 Å². The number of nitrogens with one attached hydrogen (secondary N) is 2. The Morgan fingerprint density at radius 1 is 0.647 bits per heavy atom. The fourth-order valence-corrected chi connectivity index (χ4v) is 1.41. The highest BCUT2D eigenvalue weighted by Crippen LogP contribution is 2.15. The Balaban J connectivity index is 1.83. The van der Waals surface area contributed by atoms with Crippen LogP contribution in [0.5, 0.6) is 11.5 Å². The molecule has 0 aliphatic rings. The lowest BCUT2D eigenvalue weighted by molar-refractivity contribution is 0.475. The van der Waals surface area contributed by atoms with Crippen molar-refractivity contribution in [1.82, 2.24) is 0 Å². The summed E-state index contributed by atoms with van der Waals surface area (Å²) >= 11 is 0. The summed E-state index contributed by atoms with van der Waals surface area (Å²) in [5.41, 5.74) is 1.85. The minimum absolute atomic E-state index is 0.252. The fraction of sp³-hybridized carbons (Fsp3) is 0.0769. The maximum Gasteiger partial charge on any atom is 0.115 e. The maximum atomic E-state index is 9.12. The van der Waals surface area contributed by atoms with Gasteiger partial charge in [0.25, 0.3) is 0 Å². The molecular weight excluding hydrogens is 216 g/mol. The molecule has 4 heteroatoms. The largest absolute Gasteiger partial charge is 0.508 e. The van der Waals surface area contributed by atoms with Crippen LogP contribution in [0.3, 0.4) is 0 Å². The van der Waals surface area contributed by atoms with Crippen molar-refractivity contribution in [1.29, 1.82) is 0 Å². The Morgan fingerprint density at radius 3 is 1.35 bits per heavy atom. The molecule has 0 unspecified atom stereocenters. The van der Waals surface area contributed by atoms with Gasteiger partial charge >= 0.3 is 0 Å². The number of phenols is 2. The summed E-state index contributed by atoms with van der Waals surface area (Å²) in [4.78, 5) is 0. The minimum Gasteiger partial charge on any atom is -0.508 e. The lowest BCUT2D eigenvalue weighted by Gasteiger charge is -2.09. The van der Waals surface area contributed by atoms with E-state index in [9.17, 15) is 0 Å². The third kappa shape index (κ3) is 3.31. The van der Waals surface area contributed by atoms with E-state index in [2.05, 4.69) is 10.6 Å². The summed E-state index contributed by atoms with van der Waals surface area (Å²) in [6, 6.07) is 13.7. The number of anilines is 2. The first-order valence-corrected chi connectivity index (χ1v) is 5.30. The van der Waals surface area contributed by atoms with E-state index in [0.717, 1.165) is 11.4 Å². The Labute approximate surface area is 99.5 Å². The van der Waals surface area contributed by atoms with Gasteiger partial charge in [-0.2, -0.15) is 0 Å². The average Bonchev–Trinajstić information content (AvgIpc) is 2.34. The van der Waals surface area contributed by atoms with Crippen LogP contribution in [0, 0.1) is 0 Å². The van der Waals surface area contributed by atoms with E-state index in [1.165, 1.54) is 0 Å². The molecule has 0 atom stereocenters. The second kappa shape index (κ2) is 5.12. The molecule has 4 N–H and O–H groups in total. The third-order valence-electron chi connectivity index (χ3n) is 2.32. The molecule has 2 aromatic carbocycles. The van der Waals surface area contributed by atoms with Gasteiger partial charge < -0.3 is 20.8 Å². The molecule has 2 aromatic rings. The van der Waals surface area contributed by atoms with E-state index >= 15 is 0 Å². The van der Waals surface area contributed by atoms with Crippen molar-refractivity contribution < 1.29 is 10.2 Å². The highest BCUT2D eigenvalue weighted by atomic mass is 16.3. The molecule has 0 spiro atoms. The molecule has 0 radical (unpaired) electrons. The monoisotopic (exact) mass is 230 g/mol. The molecule has 0 aromatic heterocycles. The van der Waals surface area contributed by atoms with Crippen LogP contribution in [0.2, 0.25) is 0 Å². The van der Waals surface area contributed by atoms with E-state index in [1.807, 2.05) is 0 Å². The SMILES string of the molecule is Oc1ccc(NCNc2ccc(O)cc2)cc1. The van der Waals surface area contributed by atoms with Crippen LogP contribution >= 0.6 is 0 Å². The van der Waals surface area contributed by atoms with Crippen LogP contribution in [0.4, 0.5) is 11.4 Å². The first-order valence-electron chi connectivity index (χ1n) is 5.30. The highest BCUT2D eigenvalue weighted by Gasteiger charge is 1.93. The van der Waals surface area contributed by atoms with Gasteiger partial charge in [-0.05, 0) is 48.5 Å². The molecule has 0 amide bonds. The van der Waals surface area contributed by atoms with Gasteiger partial charge in [0.05, 0.1) is 6.67 Å². The molecular formula is C13H14N2O2. The van der Waals surface area contributed by atoms with Crippen LogP contribution in [0.15, 0.2) is 48.5 Å². The Kier molecular flexibility index (Phi) is 3.35. The number of hydrogen-bond donors (Lipinski definition) is 4. The van der Waals surface area contributed by atoms with Crippen molar-refractivity contribution in [2.75, 3.05) is 17.3 Å². The number of aromatic hydroxyl groups is 2. The second-order valence-electron chi connectivity index (χ2n) is 3.62. The summed E-state index contributed by atoms with van der Waals surface area (Å²) < 4.78 is 0. The first kappa shape index (κ1) is 11.1. The van der Waals surface area contributed by atoms with Gasteiger partial charge in [-0.3, -0.25) is 0 Å². The average molecular weight is 230 g/mol. The Bertz CT molecular complexity index is 420. The molecule has 2 rings (SSSR count). The lowest BCUT2D eigenvalue weighted by Crippen LogP contribution is -2.11. The number of phenolic OH excluding ortho intramolecular Hbond substituents is 2. The van der Waals surface area contributed by atoms with Crippen molar-refractivity contribution in [3.63, 3.8) is 0 Å². The molecule has 0 fully saturated rings. The van der Waals surface area contributed by atoms with E-state index in [-0.39, 0.29) is 11.5 Å². The predicted octanol–water partition coefficient (Wildman–Crippen LogP) is 2.58. The smallest absolute Gasteiger partial charge is 0.115 e. The van der Waals surface area contributed by atoms with Crippen LogP contribution < -0.4 is 10.6 Å². The predicted molar refractivity (Wildman–Crippen MR) is 68.3 cm³/mol. The Morgan fingerprint density at radius 2 is 1.00 bits per heavy atom. The molecule has 17 heavy (non-hydrogen) atoms. The summed E-state index contributed by atoms with van der Waals surface area (Å²) in [7, 11) is 0. The molecule has 4 nitrogen and oxygen atoms in total. The molecule has 0 bridgehead atoms. The summed E-state index contributed by atoms with van der Waals surface area (Å²) in [6.45, 7) is 0.565. The quantitative estimate of drug-likeness (QED) is 0.481. The maximum absolute atomic E-state index is 9.12. The van der Waals surface area contributed by atoms with Crippen LogP contribution in [0.1, 0.15) is 0 Å². The molecule has 0 saturated carbocycles. The highest BCUT2D eigenvalue weighted by molar-refractivity contribution is 5.49. The zero-order chi connectivity index (χ0) is 12.1. The van der Waals surface area contributed by atoms with Gasteiger partial charge in [0.2, 0.25) is 0 Å². The number of rotatable bonds is 4. The van der Waals surface area contributed by atoms with Crippen molar-refractivity contribution in [2.45, 2.75) is 0 Å².